The smallest absolute Gasteiger partial charge is 0.309 e. The highest BCUT2D eigenvalue weighted by Crippen LogP contribution is 2.38. The molecule has 0 amide bonds. The molecule has 0 aromatic rings. The van der Waals surface area contributed by atoms with Gasteiger partial charge in [-0.25, -0.2) is 0 Å². The fourth-order valence-corrected chi connectivity index (χ4v) is 4.83. The second kappa shape index (κ2) is 11.1. The van der Waals surface area contributed by atoms with Gasteiger partial charge in [-0.05, 0) is 70.1 Å². The van der Waals surface area contributed by atoms with Crippen molar-refractivity contribution >= 4 is 11.9 Å². The first-order chi connectivity index (χ1) is 12.9. The van der Waals surface area contributed by atoms with E-state index in [1.165, 1.54) is 32.1 Å². The number of carbonyl (C=O) groups is 2. The first-order valence-corrected chi connectivity index (χ1v) is 11.4. The molecular weight excluding hydrogens is 340 g/mol. The molecule has 0 atom stereocenters. The molecule has 156 valence electrons. The number of unbranched alkanes of at least 4 members (excludes halogenated alkanes) is 3. The predicted molar refractivity (Wildman–Crippen MR) is 108 cm³/mol. The molecule has 0 aromatic heterocycles. The first kappa shape index (κ1) is 22.2. The summed E-state index contributed by atoms with van der Waals surface area (Å²) < 4.78 is 6.17. The summed E-state index contributed by atoms with van der Waals surface area (Å²) in [6.45, 7) is 4.56. The van der Waals surface area contributed by atoms with Gasteiger partial charge < -0.3 is 9.84 Å². The Balaban J connectivity index is 1.79. The van der Waals surface area contributed by atoms with Crippen molar-refractivity contribution in [3.8, 4) is 0 Å². The van der Waals surface area contributed by atoms with Crippen molar-refractivity contribution in [2.24, 2.45) is 17.8 Å². The van der Waals surface area contributed by atoms with Crippen LogP contribution in [0, 0.1) is 17.8 Å². The molecule has 0 aromatic carbocycles. The number of hydrogen-bond acceptors (Lipinski definition) is 3. The highest BCUT2D eigenvalue weighted by atomic mass is 16.6. The maximum Gasteiger partial charge on any atom is 0.309 e. The summed E-state index contributed by atoms with van der Waals surface area (Å²) in [5, 5.41) is 9.14. The monoisotopic (exact) mass is 380 g/mol. The third-order valence-corrected chi connectivity index (χ3v) is 6.66. The van der Waals surface area contributed by atoms with Crippen LogP contribution in [-0.2, 0) is 14.3 Å². The Hall–Kier alpha value is -1.06. The van der Waals surface area contributed by atoms with E-state index in [2.05, 4.69) is 13.8 Å². The van der Waals surface area contributed by atoms with E-state index in [4.69, 9.17) is 9.84 Å². The lowest BCUT2D eigenvalue weighted by Crippen LogP contribution is -2.40. The van der Waals surface area contributed by atoms with Crippen molar-refractivity contribution in [3.63, 3.8) is 0 Å². The van der Waals surface area contributed by atoms with Gasteiger partial charge in [-0.2, -0.15) is 0 Å². The second-order valence-corrected chi connectivity index (χ2v) is 9.40. The standard InChI is InChI=1S/C23H40O4/c1-18(2)10-6-3-4-7-15-23(16-8-5-9-17-23)27-22(26)20-13-11-19(12-14-20)21(24)25/h18-20H,3-17H2,1-2H3,(H,24,25). The third-order valence-electron chi connectivity index (χ3n) is 6.66. The van der Waals surface area contributed by atoms with Crippen LogP contribution >= 0.6 is 0 Å². The minimum Gasteiger partial charge on any atom is -0.481 e. The van der Waals surface area contributed by atoms with Crippen molar-refractivity contribution in [1.82, 2.24) is 0 Å². The number of ether oxygens (including phenoxy) is 1. The zero-order valence-corrected chi connectivity index (χ0v) is 17.5. The van der Waals surface area contributed by atoms with Crippen molar-refractivity contribution in [2.75, 3.05) is 0 Å². The molecule has 0 heterocycles. The largest absolute Gasteiger partial charge is 0.481 e. The first-order valence-electron chi connectivity index (χ1n) is 11.4. The lowest BCUT2D eigenvalue weighted by molar-refractivity contribution is -0.172. The number of hydrogen-bond donors (Lipinski definition) is 1. The molecule has 0 unspecified atom stereocenters. The van der Waals surface area contributed by atoms with Gasteiger partial charge in [0.25, 0.3) is 0 Å². The van der Waals surface area contributed by atoms with Gasteiger partial charge in [-0.3, -0.25) is 9.59 Å². The van der Waals surface area contributed by atoms with Crippen LogP contribution in [0.25, 0.3) is 0 Å². The molecule has 2 aliphatic rings. The fourth-order valence-electron chi connectivity index (χ4n) is 4.83. The number of carbonyl (C=O) groups excluding carboxylic acids is 1. The Morgan fingerprint density at radius 1 is 0.926 bits per heavy atom. The van der Waals surface area contributed by atoms with Crippen LogP contribution in [-0.4, -0.2) is 22.6 Å². The summed E-state index contributed by atoms with van der Waals surface area (Å²) in [4.78, 5) is 23.9. The van der Waals surface area contributed by atoms with Crippen LogP contribution < -0.4 is 0 Å². The van der Waals surface area contributed by atoms with Gasteiger partial charge in [0.1, 0.15) is 5.60 Å². The van der Waals surface area contributed by atoms with Gasteiger partial charge in [0, 0.05) is 0 Å². The molecule has 0 radical (unpaired) electrons. The van der Waals surface area contributed by atoms with Gasteiger partial charge in [0.2, 0.25) is 0 Å². The quantitative estimate of drug-likeness (QED) is 0.366. The van der Waals surface area contributed by atoms with Crippen LogP contribution in [0.2, 0.25) is 0 Å². The van der Waals surface area contributed by atoms with Crippen molar-refractivity contribution in [2.45, 2.75) is 116 Å². The normalized spacial score (nSPS) is 25.3. The topological polar surface area (TPSA) is 63.6 Å². The minimum atomic E-state index is -0.719. The molecule has 1 N–H and O–H groups in total. The average molecular weight is 381 g/mol. The summed E-state index contributed by atoms with van der Waals surface area (Å²) >= 11 is 0. The van der Waals surface area contributed by atoms with E-state index in [9.17, 15) is 9.59 Å². The van der Waals surface area contributed by atoms with Gasteiger partial charge >= 0.3 is 11.9 Å². The molecule has 2 aliphatic carbocycles. The molecular formula is C23H40O4. The van der Waals surface area contributed by atoms with E-state index in [0.717, 1.165) is 44.4 Å². The Labute approximate surface area is 165 Å². The number of carboxylic acid groups (broad SMARTS) is 1. The van der Waals surface area contributed by atoms with E-state index < -0.39 is 5.97 Å². The average Bonchev–Trinajstić information content (AvgIpc) is 2.65. The zero-order chi connectivity index (χ0) is 19.7. The minimum absolute atomic E-state index is 0.0550. The van der Waals surface area contributed by atoms with Gasteiger partial charge in [0.05, 0.1) is 11.8 Å². The van der Waals surface area contributed by atoms with Crippen LogP contribution in [0.5, 0.6) is 0 Å². The fraction of sp³-hybridized carbons (Fsp3) is 0.913. The van der Waals surface area contributed by atoms with Crippen molar-refractivity contribution in [3.05, 3.63) is 0 Å². The van der Waals surface area contributed by atoms with Crippen LogP contribution in [0.4, 0.5) is 0 Å². The highest BCUT2D eigenvalue weighted by molar-refractivity contribution is 5.74. The second-order valence-electron chi connectivity index (χ2n) is 9.40. The molecule has 2 fully saturated rings. The van der Waals surface area contributed by atoms with Gasteiger partial charge in [0.15, 0.2) is 0 Å². The summed E-state index contributed by atoms with van der Waals surface area (Å²) in [7, 11) is 0. The van der Waals surface area contributed by atoms with Gasteiger partial charge in [-0.15, -0.1) is 0 Å². The molecule has 0 spiro atoms. The lowest BCUT2D eigenvalue weighted by Gasteiger charge is -2.38. The van der Waals surface area contributed by atoms with Crippen molar-refractivity contribution in [1.29, 1.82) is 0 Å². The van der Waals surface area contributed by atoms with Gasteiger partial charge in [-0.1, -0.05) is 46.0 Å². The number of esters is 1. The van der Waals surface area contributed by atoms with Crippen LogP contribution in [0.3, 0.4) is 0 Å². The maximum atomic E-state index is 12.8. The molecule has 0 bridgehead atoms. The number of aliphatic carboxylic acids is 1. The summed E-state index contributed by atoms with van der Waals surface area (Å²) in [5.41, 5.74) is -0.239. The molecule has 4 heteroatoms. The van der Waals surface area contributed by atoms with Crippen molar-refractivity contribution < 1.29 is 19.4 Å². The molecule has 27 heavy (non-hydrogen) atoms. The summed E-state index contributed by atoms with van der Waals surface area (Å²) in [6.07, 6.45) is 15.4. The maximum absolute atomic E-state index is 12.8. The SMILES string of the molecule is CC(C)CCCCCCC1(OC(=O)C2CCC(C(=O)O)CC2)CCCCC1. The van der Waals surface area contributed by atoms with E-state index in [0.29, 0.717) is 25.7 Å². The predicted octanol–water partition coefficient (Wildman–Crippen LogP) is 6.12. The Kier molecular flexibility index (Phi) is 9.11. The number of carboxylic acids is 1. The molecule has 0 saturated heterocycles. The molecule has 0 aliphatic heterocycles. The molecule has 4 nitrogen and oxygen atoms in total. The zero-order valence-electron chi connectivity index (χ0n) is 17.5. The Morgan fingerprint density at radius 2 is 1.52 bits per heavy atom. The molecule has 2 saturated carbocycles. The summed E-state index contributed by atoms with van der Waals surface area (Å²) in [5.74, 6) is -0.357. The highest BCUT2D eigenvalue weighted by Gasteiger charge is 2.38. The van der Waals surface area contributed by atoms with Crippen LogP contribution in [0.15, 0.2) is 0 Å². The van der Waals surface area contributed by atoms with E-state index in [1.54, 1.807) is 0 Å². The van der Waals surface area contributed by atoms with E-state index in [1.807, 2.05) is 0 Å². The third kappa shape index (κ3) is 7.46. The van der Waals surface area contributed by atoms with E-state index >= 15 is 0 Å². The molecule has 2 rings (SSSR count). The Morgan fingerprint density at radius 3 is 2.11 bits per heavy atom. The lowest BCUT2D eigenvalue weighted by atomic mass is 9.79. The van der Waals surface area contributed by atoms with Crippen LogP contribution in [0.1, 0.15) is 110 Å². The van der Waals surface area contributed by atoms with E-state index in [-0.39, 0.29) is 23.4 Å². The number of rotatable bonds is 10. The Bertz CT molecular complexity index is 457. The summed E-state index contributed by atoms with van der Waals surface area (Å²) in [6, 6.07) is 0.